The first-order valence-electron chi connectivity index (χ1n) is 8.55. The molecule has 0 bridgehead atoms. The number of rotatable bonds is 11. The number of aliphatic hydroxyl groups is 9. The maximum atomic E-state index is 9.77. The molecule has 0 saturated carbocycles. The lowest BCUT2D eigenvalue weighted by Crippen LogP contribution is -2.39. The largest absolute Gasteiger partial charge is 0.479 e. The predicted molar refractivity (Wildman–Crippen MR) is 102 cm³/mol. The van der Waals surface area contributed by atoms with Crippen LogP contribution in [0, 0.1) is 0 Å². The van der Waals surface area contributed by atoms with E-state index in [1.165, 1.54) is 0 Å². The molecule has 6 atom stereocenters. The van der Waals surface area contributed by atoms with E-state index < -0.39 is 78.5 Å². The Morgan fingerprint density at radius 2 is 0.472 bits per heavy atom. The molecule has 0 heterocycles. The third-order valence-electron chi connectivity index (χ3n) is 2.84. The van der Waals surface area contributed by atoms with Gasteiger partial charge in [0.2, 0.25) is 0 Å². The average molecular weight is 542 g/mol. The van der Waals surface area contributed by atoms with E-state index in [2.05, 4.69) is 0 Å². The molecule has 212 valence electrons. The molecule has 15 N–H and O–H groups in total. The monoisotopic (exact) mass is 542 g/mol. The van der Waals surface area contributed by atoms with Gasteiger partial charge in [-0.2, -0.15) is 0 Å². The van der Waals surface area contributed by atoms with Crippen LogP contribution in [0.5, 0.6) is 0 Å². The van der Waals surface area contributed by atoms with Gasteiger partial charge in [0.15, 0.2) is 36.6 Å². The van der Waals surface area contributed by atoms with Crippen LogP contribution in [0.25, 0.3) is 0 Å². The third-order valence-corrected chi connectivity index (χ3v) is 2.84. The molecular weight excluding hydrogens is 516 g/mol. The van der Waals surface area contributed by atoms with Crippen LogP contribution in [0.2, 0.25) is 0 Å². The lowest BCUT2D eigenvalue weighted by atomic mass is 10.2. The standard InChI is InChI=1S/3C4H6O6.C3H8O3/c3*5-1(3(7)8)2(6)4(9)10;4-1-3(6)2-5/h3*1-2,5-6H,(H,7,8)(H,9,10);3-6H,1-2H2. The Balaban J connectivity index is -0.000000193. The fraction of sp³-hybridized carbons (Fsp3) is 0.600. The van der Waals surface area contributed by atoms with Crippen LogP contribution in [-0.2, 0) is 28.8 Å². The van der Waals surface area contributed by atoms with Crippen LogP contribution >= 0.6 is 0 Å². The van der Waals surface area contributed by atoms with Crippen LogP contribution in [0.15, 0.2) is 0 Å². The highest BCUT2D eigenvalue weighted by atomic mass is 16.5. The maximum absolute atomic E-state index is 9.77. The maximum Gasteiger partial charge on any atom is 0.335 e. The van der Waals surface area contributed by atoms with Crippen LogP contribution in [0.3, 0.4) is 0 Å². The van der Waals surface area contributed by atoms with Crippen molar-refractivity contribution >= 4 is 35.8 Å². The number of hydrogen-bond donors (Lipinski definition) is 15. The summed E-state index contributed by atoms with van der Waals surface area (Å²) in [5.41, 5.74) is 0. The van der Waals surface area contributed by atoms with Crippen LogP contribution in [-0.4, -0.2) is 168 Å². The molecule has 0 aromatic heterocycles. The zero-order valence-corrected chi connectivity index (χ0v) is 17.6. The van der Waals surface area contributed by atoms with E-state index in [1.807, 2.05) is 0 Å². The molecule has 0 aromatic rings. The molecule has 21 heteroatoms. The molecule has 0 aliphatic rings. The van der Waals surface area contributed by atoms with E-state index >= 15 is 0 Å². The van der Waals surface area contributed by atoms with Gasteiger partial charge in [0.1, 0.15) is 6.10 Å². The van der Waals surface area contributed by atoms with Gasteiger partial charge in [0, 0.05) is 0 Å². The highest BCUT2D eigenvalue weighted by molar-refractivity contribution is 5.84. The van der Waals surface area contributed by atoms with Crippen molar-refractivity contribution in [2.45, 2.75) is 42.7 Å². The zero-order valence-electron chi connectivity index (χ0n) is 17.6. The second-order valence-electron chi connectivity index (χ2n) is 5.72. The van der Waals surface area contributed by atoms with Crippen molar-refractivity contribution in [3.8, 4) is 0 Å². The van der Waals surface area contributed by atoms with Gasteiger partial charge in [-0.05, 0) is 0 Å². The van der Waals surface area contributed by atoms with E-state index in [-0.39, 0.29) is 13.2 Å². The molecule has 0 radical (unpaired) electrons. The summed E-state index contributed by atoms with van der Waals surface area (Å²) in [4.78, 5) is 58.6. The molecule has 0 fully saturated rings. The lowest BCUT2D eigenvalue weighted by Gasteiger charge is -2.07. The summed E-state index contributed by atoms with van der Waals surface area (Å²) in [5, 5.41) is 122. The first-order chi connectivity index (χ1) is 16.2. The van der Waals surface area contributed by atoms with Crippen molar-refractivity contribution in [2.24, 2.45) is 0 Å². The van der Waals surface area contributed by atoms with Gasteiger partial charge in [-0.25, -0.2) is 28.8 Å². The highest BCUT2D eigenvalue weighted by Crippen LogP contribution is 1.94. The highest BCUT2D eigenvalue weighted by Gasteiger charge is 2.30. The second-order valence-corrected chi connectivity index (χ2v) is 5.72. The summed E-state index contributed by atoms with van der Waals surface area (Å²) in [6.45, 7) is -0.729. The molecule has 0 spiro atoms. The van der Waals surface area contributed by atoms with Crippen LogP contribution < -0.4 is 0 Å². The Hall–Kier alpha value is -3.54. The Morgan fingerprint density at radius 1 is 0.361 bits per heavy atom. The molecule has 0 aliphatic carbocycles. The van der Waals surface area contributed by atoms with Crippen molar-refractivity contribution < 1.29 is 105 Å². The number of aliphatic carboxylic acids is 6. The van der Waals surface area contributed by atoms with E-state index in [1.54, 1.807) is 0 Å². The molecular formula is C15H26O21. The first-order valence-corrected chi connectivity index (χ1v) is 8.55. The number of carboxylic acids is 6. The Labute approximate surface area is 198 Å². The molecule has 0 amide bonds. The minimum absolute atomic E-state index is 0.365. The topological polar surface area (TPSA) is 406 Å². The van der Waals surface area contributed by atoms with E-state index in [0.717, 1.165) is 0 Å². The Morgan fingerprint density at radius 3 is 0.500 bits per heavy atom. The predicted octanol–water partition coefficient (Wildman–Crippen LogP) is -8.04. The third kappa shape index (κ3) is 19.9. The molecule has 6 unspecified atom stereocenters. The minimum atomic E-state index is -2.27. The molecule has 36 heavy (non-hydrogen) atoms. The van der Waals surface area contributed by atoms with Crippen molar-refractivity contribution in [3.63, 3.8) is 0 Å². The van der Waals surface area contributed by atoms with Crippen molar-refractivity contribution in [2.75, 3.05) is 13.2 Å². The summed E-state index contributed by atoms with van der Waals surface area (Å²) in [7, 11) is 0. The normalized spacial score (nSPS) is 14.8. The SMILES string of the molecule is O=C(O)C(O)C(O)C(=O)O.O=C(O)C(O)C(O)C(=O)O.O=C(O)C(O)C(O)C(=O)O.OCC(O)CO. The quantitative estimate of drug-likeness (QED) is 0.115. The molecule has 21 nitrogen and oxygen atoms in total. The number of aliphatic hydroxyl groups excluding tert-OH is 9. The lowest BCUT2D eigenvalue weighted by molar-refractivity contribution is -0.165. The number of carbonyl (C=O) groups is 6. The number of carboxylic acid groups (broad SMARTS) is 6. The fourth-order valence-corrected chi connectivity index (χ4v) is 0.868. The molecule has 0 aromatic carbocycles. The summed E-state index contributed by atoms with van der Waals surface area (Å²) in [6, 6.07) is 0. The van der Waals surface area contributed by atoms with E-state index in [4.69, 9.17) is 76.6 Å². The average Bonchev–Trinajstić information content (AvgIpc) is 2.80. The van der Waals surface area contributed by atoms with Crippen molar-refractivity contribution in [1.29, 1.82) is 0 Å². The van der Waals surface area contributed by atoms with Gasteiger partial charge >= 0.3 is 35.8 Å². The molecule has 0 saturated heterocycles. The fourth-order valence-electron chi connectivity index (χ4n) is 0.868. The molecule has 0 aliphatic heterocycles. The van der Waals surface area contributed by atoms with E-state index in [9.17, 15) is 28.8 Å². The van der Waals surface area contributed by atoms with Gasteiger partial charge < -0.3 is 76.6 Å². The summed E-state index contributed by atoms with van der Waals surface area (Å²) in [6.07, 6.45) is -14.6. The van der Waals surface area contributed by atoms with Crippen molar-refractivity contribution in [3.05, 3.63) is 0 Å². The van der Waals surface area contributed by atoms with Gasteiger partial charge in [0.25, 0.3) is 0 Å². The first kappa shape index (κ1) is 39.7. The van der Waals surface area contributed by atoms with Gasteiger partial charge in [0.05, 0.1) is 13.2 Å². The van der Waals surface area contributed by atoms with Gasteiger partial charge in [-0.1, -0.05) is 0 Å². The zero-order chi connectivity index (χ0) is 29.9. The molecule has 0 rings (SSSR count). The summed E-state index contributed by atoms with van der Waals surface area (Å²) in [5.74, 6) is -10.6. The Kier molecular flexibility index (Phi) is 22.9. The van der Waals surface area contributed by atoms with Crippen molar-refractivity contribution in [1.82, 2.24) is 0 Å². The Bertz CT molecular complexity index is 562. The number of hydrogen-bond acceptors (Lipinski definition) is 15. The smallest absolute Gasteiger partial charge is 0.335 e. The minimum Gasteiger partial charge on any atom is -0.479 e. The van der Waals surface area contributed by atoms with Gasteiger partial charge in [-0.15, -0.1) is 0 Å². The van der Waals surface area contributed by atoms with Crippen LogP contribution in [0.1, 0.15) is 0 Å². The summed E-state index contributed by atoms with van der Waals surface area (Å²) >= 11 is 0. The summed E-state index contributed by atoms with van der Waals surface area (Å²) < 4.78 is 0. The van der Waals surface area contributed by atoms with Gasteiger partial charge in [-0.3, -0.25) is 0 Å². The second kappa shape index (κ2) is 20.8. The van der Waals surface area contributed by atoms with E-state index in [0.29, 0.717) is 0 Å². The van der Waals surface area contributed by atoms with Crippen LogP contribution in [0.4, 0.5) is 0 Å².